The number of benzene rings is 3. The molecule has 92 valence electrons. The van der Waals surface area contributed by atoms with Gasteiger partial charge in [0.15, 0.2) is 0 Å². The van der Waals surface area contributed by atoms with Gasteiger partial charge in [-0.15, -0.1) is 0 Å². The molecule has 0 nitrogen and oxygen atoms in total. The lowest BCUT2D eigenvalue weighted by atomic mass is 9.92. The highest BCUT2D eigenvalue weighted by Gasteiger charge is 2.07. The van der Waals surface area contributed by atoms with Crippen LogP contribution >= 0.6 is 0 Å². The van der Waals surface area contributed by atoms with Gasteiger partial charge in [0.05, 0.1) is 0 Å². The largest absolute Gasteiger partial charge is 0.0984 e. The maximum atomic E-state index is 3.95. The average Bonchev–Trinajstić information content (AvgIpc) is 2.46. The first-order valence-corrected chi connectivity index (χ1v) is 6.46. The third kappa shape index (κ3) is 1.68. The van der Waals surface area contributed by atoms with Crippen LogP contribution in [0.4, 0.5) is 0 Å². The molecule has 3 aromatic carbocycles. The van der Waals surface area contributed by atoms with Crippen molar-refractivity contribution in [2.45, 2.75) is 6.92 Å². The van der Waals surface area contributed by atoms with E-state index in [9.17, 15) is 0 Å². The van der Waals surface area contributed by atoms with Gasteiger partial charge in [0.2, 0.25) is 0 Å². The van der Waals surface area contributed by atoms with E-state index in [4.69, 9.17) is 0 Å². The van der Waals surface area contributed by atoms with E-state index in [0.717, 1.165) is 5.56 Å². The molecule has 0 aliphatic rings. The number of hydrogen-bond acceptors (Lipinski definition) is 0. The molecule has 0 saturated heterocycles. The molecule has 0 fully saturated rings. The summed E-state index contributed by atoms with van der Waals surface area (Å²) in [4.78, 5) is 0. The molecule has 0 aromatic heterocycles. The van der Waals surface area contributed by atoms with Crippen LogP contribution < -0.4 is 0 Å². The number of hydrogen-bond donors (Lipinski definition) is 0. The van der Waals surface area contributed by atoms with Crippen LogP contribution in [0.3, 0.4) is 0 Å². The van der Waals surface area contributed by atoms with Crippen molar-refractivity contribution in [3.8, 4) is 0 Å². The van der Waals surface area contributed by atoms with Gasteiger partial charge >= 0.3 is 0 Å². The predicted octanol–water partition coefficient (Wildman–Crippen LogP) is 5.59. The van der Waals surface area contributed by atoms with Gasteiger partial charge in [0.25, 0.3) is 0 Å². The molecule has 0 spiro atoms. The zero-order valence-electron chi connectivity index (χ0n) is 11.1. The molecular weight excluding hydrogens is 228 g/mol. The van der Waals surface area contributed by atoms with Crippen molar-refractivity contribution >= 4 is 33.7 Å². The normalized spacial score (nSPS) is 10.8. The molecule has 0 aliphatic heterocycles. The Morgan fingerprint density at radius 2 is 1.47 bits per heavy atom. The Bertz CT molecular complexity index is 807. The maximum Gasteiger partial charge on any atom is -0.00965 e. The predicted molar refractivity (Wildman–Crippen MR) is 86.4 cm³/mol. The fourth-order valence-electron chi connectivity index (χ4n) is 2.81. The number of rotatable bonds is 2. The molecule has 0 heterocycles. The Morgan fingerprint density at radius 3 is 2.16 bits per heavy atom. The lowest BCUT2D eigenvalue weighted by Crippen LogP contribution is -1.88. The quantitative estimate of drug-likeness (QED) is 0.516. The average molecular weight is 244 g/mol. The lowest BCUT2D eigenvalue weighted by molar-refractivity contribution is 1.55. The summed E-state index contributed by atoms with van der Waals surface area (Å²) in [6.07, 6.45) is 3.81. The molecule has 0 N–H and O–H groups in total. The summed E-state index contributed by atoms with van der Waals surface area (Å²) < 4.78 is 0. The Kier molecular flexibility index (Phi) is 2.72. The molecule has 19 heavy (non-hydrogen) atoms. The third-order valence-electron chi connectivity index (χ3n) is 3.75. The number of aryl methyl sites for hydroxylation is 1. The third-order valence-corrected chi connectivity index (χ3v) is 3.75. The van der Waals surface area contributed by atoms with Crippen LogP contribution in [-0.4, -0.2) is 0 Å². The van der Waals surface area contributed by atoms with Gasteiger partial charge in [-0.1, -0.05) is 67.8 Å². The van der Waals surface area contributed by atoms with E-state index in [-0.39, 0.29) is 0 Å². The Hall–Kier alpha value is -2.34. The first-order chi connectivity index (χ1) is 9.26. The molecular formula is C19H16. The summed E-state index contributed by atoms with van der Waals surface area (Å²) in [5.41, 5.74) is 3.60. The van der Waals surface area contributed by atoms with Crippen molar-refractivity contribution in [1.29, 1.82) is 0 Å². The van der Waals surface area contributed by atoms with Crippen molar-refractivity contribution < 1.29 is 0 Å². The fourth-order valence-corrected chi connectivity index (χ4v) is 2.81. The van der Waals surface area contributed by atoms with E-state index in [2.05, 4.69) is 62.5 Å². The van der Waals surface area contributed by atoms with Gasteiger partial charge in [-0.25, -0.2) is 0 Å². The second-order valence-electron chi connectivity index (χ2n) is 4.81. The minimum Gasteiger partial charge on any atom is -0.0984 e. The van der Waals surface area contributed by atoms with Gasteiger partial charge in [-0.2, -0.15) is 0 Å². The van der Waals surface area contributed by atoms with Crippen LogP contribution in [0.15, 0.2) is 55.6 Å². The van der Waals surface area contributed by atoms with Crippen LogP contribution in [0.1, 0.15) is 16.7 Å². The molecule has 0 unspecified atom stereocenters. The van der Waals surface area contributed by atoms with Crippen LogP contribution in [0.25, 0.3) is 33.7 Å². The Labute approximate surface area is 113 Å². The van der Waals surface area contributed by atoms with Gasteiger partial charge in [0, 0.05) is 0 Å². The van der Waals surface area contributed by atoms with Crippen LogP contribution in [0.5, 0.6) is 0 Å². The SMILES string of the molecule is C=Cc1ccc2c(cc(C)c3ccccc32)c1C=C. The first-order valence-electron chi connectivity index (χ1n) is 6.46. The highest BCUT2D eigenvalue weighted by atomic mass is 14.1. The van der Waals surface area contributed by atoms with Gasteiger partial charge in [-0.05, 0) is 45.2 Å². The second-order valence-corrected chi connectivity index (χ2v) is 4.81. The molecule has 0 atom stereocenters. The Balaban J connectivity index is 2.59. The topological polar surface area (TPSA) is 0 Å². The molecule has 0 aliphatic carbocycles. The van der Waals surface area contributed by atoms with Crippen LogP contribution in [0.2, 0.25) is 0 Å². The van der Waals surface area contributed by atoms with E-state index >= 15 is 0 Å². The summed E-state index contributed by atoms with van der Waals surface area (Å²) in [5, 5.41) is 5.15. The summed E-state index contributed by atoms with van der Waals surface area (Å²) in [5.74, 6) is 0. The van der Waals surface area contributed by atoms with E-state index in [1.165, 1.54) is 32.7 Å². The minimum atomic E-state index is 1.14. The molecule has 3 aromatic rings. The molecule has 0 bridgehead atoms. The van der Waals surface area contributed by atoms with Crippen LogP contribution in [-0.2, 0) is 0 Å². The highest BCUT2D eigenvalue weighted by Crippen LogP contribution is 2.32. The van der Waals surface area contributed by atoms with Gasteiger partial charge in [0.1, 0.15) is 0 Å². The van der Waals surface area contributed by atoms with Gasteiger partial charge < -0.3 is 0 Å². The minimum absolute atomic E-state index is 1.14. The highest BCUT2D eigenvalue weighted by molar-refractivity contribution is 6.11. The zero-order valence-corrected chi connectivity index (χ0v) is 11.1. The van der Waals surface area contributed by atoms with Crippen molar-refractivity contribution in [2.75, 3.05) is 0 Å². The summed E-state index contributed by atoms with van der Waals surface area (Å²) in [6, 6.07) is 15.1. The molecule has 0 radical (unpaired) electrons. The zero-order chi connectivity index (χ0) is 13.4. The second kappa shape index (κ2) is 4.40. The fraction of sp³-hybridized carbons (Fsp3) is 0.0526. The molecule has 3 rings (SSSR count). The van der Waals surface area contributed by atoms with Crippen molar-refractivity contribution in [1.82, 2.24) is 0 Å². The summed E-state index contributed by atoms with van der Waals surface area (Å²) in [7, 11) is 0. The Morgan fingerprint density at radius 1 is 0.789 bits per heavy atom. The van der Waals surface area contributed by atoms with Gasteiger partial charge in [-0.3, -0.25) is 0 Å². The maximum absolute atomic E-state index is 3.95. The summed E-state index contributed by atoms with van der Waals surface area (Å²) >= 11 is 0. The monoisotopic (exact) mass is 244 g/mol. The summed E-state index contributed by atoms with van der Waals surface area (Å²) in [6.45, 7) is 10.00. The smallest absolute Gasteiger partial charge is 0.00965 e. The van der Waals surface area contributed by atoms with Crippen molar-refractivity contribution in [3.05, 3.63) is 72.3 Å². The van der Waals surface area contributed by atoms with Crippen molar-refractivity contribution in [2.24, 2.45) is 0 Å². The van der Waals surface area contributed by atoms with Crippen molar-refractivity contribution in [3.63, 3.8) is 0 Å². The standard InChI is InChI=1S/C19H16/c1-4-14-10-11-18-17-9-7-6-8-16(17)13(3)12-19(18)15(14)5-2/h4-12H,1-2H2,3H3. The number of fused-ring (bicyclic) bond motifs is 3. The van der Waals surface area contributed by atoms with E-state index in [0.29, 0.717) is 0 Å². The molecule has 0 saturated carbocycles. The van der Waals surface area contributed by atoms with Crippen LogP contribution in [0, 0.1) is 6.92 Å². The van der Waals surface area contributed by atoms with E-state index in [1.807, 2.05) is 12.2 Å². The first kappa shape index (κ1) is 11.7. The molecule has 0 amide bonds. The van der Waals surface area contributed by atoms with E-state index < -0.39 is 0 Å². The van der Waals surface area contributed by atoms with E-state index in [1.54, 1.807) is 0 Å². The molecule has 0 heteroatoms. The lowest BCUT2D eigenvalue weighted by Gasteiger charge is -2.11.